The van der Waals surface area contributed by atoms with Gasteiger partial charge in [-0.3, -0.25) is 0 Å². The van der Waals surface area contributed by atoms with E-state index in [-0.39, 0.29) is 0 Å². The molecule has 0 aromatic carbocycles. The molecule has 0 aromatic rings. The number of halogens is 2. The van der Waals surface area contributed by atoms with Gasteiger partial charge in [0.2, 0.25) is 0 Å². The monoisotopic (exact) mass is 274 g/mol. The van der Waals surface area contributed by atoms with Crippen LogP contribution in [0.15, 0.2) is 0 Å². The first-order valence-electron chi connectivity index (χ1n) is 4.36. The first kappa shape index (κ1) is 17.2. The summed E-state index contributed by atoms with van der Waals surface area (Å²) in [6.45, 7) is 7.24. The van der Waals surface area contributed by atoms with Crippen LogP contribution in [0.3, 0.4) is 0 Å². The minimum absolute atomic E-state index is 0.500. The topological polar surface area (TPSA) is 43.2 Å². The summed E-state index contributed by atoms with van der Waals surface area (Å²) in [6, 6.07) is 0. The van der Waals surface area contributed by atoms with E-state index in [0.717, 1.165) is 26.2 Å². The van der Waals surface area contributed by atoms with Crippen LogP contribution in [-0.2, 0) is 21.8 Å². The Kier molecular flexibility index (Phi) is 23.7. The van der Waals surface area contributed by atoms with Crippen molar-refractivity contribution in [3.8, 4) is 0 Å². The first-order chi connectivity index (χ1) is 6.83. The molecule has 0 amide bonds. The maximum atomic E-state index is 8.69. The Morgan fingerprint density at radius 1 is 1.29 bits per heavy atom. The summed E-state index contributed by atoms with van der Waals surface area (Å²) < 4.78 is 0. The molecular formula is C8H16Cl2N2OTi-2. The molecule has 3 nitrogen and oxygen atoms in total. The van der Waals surface area contributed by atoms with Crippen LogP contribution in [0.5, 0.6) is 0 Å². The van der Waals surface area contributed by atoms with E-state index in [4.69, 9.17) is 23.4 Å². The van der Waals surface area contributed by atoms with Crippen molar-refractivity contribution >= 4 is 24.9 Å². The molecule has 1 rings (SSSR count). The van der Waals surface area contributed by atoms with Crippen molar-refractivity contribution in [3.05, 3.63) is 12.2 Å². The third-order valence-corrected chi connectivity index (χ3v) is 1.34. The van der Waals surface area contributed by atoms with E-state index >= 15 is 0 Å². The van der Waals surface area contributed by atoms with Crippen molar-refractivity contribution < 1.29 is 21.8 Å². The molecule has 84 valence electrons. The van der Waals surface area contributed by atoms with E-state index in [2.05, 4.69) is 17.6 Å². The summed E-state index contributed by atoms with van der Waals surface area (Å²) in [6.07, 6.45) is 2.94. The van der Waals surface area contributed by atoms with Crippen molar-refractivity contribution in [1.82, 2.24) is 5.32 Å². The minimum atomic E-state index is -0.556. The quantitative estimate of drug-likeness (QED) is 0.418. The number of rotatable bonds is 0. The zero-order chi connectivity index (χ0) is 11.1. The molecule has 0 aromatic heterocycles. The van der Waals surface area contributed by atoms with Gasteiger partial charge in [-0.25, -0.2) is 0 Å². The number of carbonyl (C=O) groups excluding carboxylic acids is 1. The van der Waals surface area contributed by atoms with Gasteiger partial charge in [0.15, 0.2) is 0 Å². The van der Waals surface area contributed by atoms with Crippen LogP contribution in [0.25, 0.3) is 5.32 Å². The molecule has 1 aliphatic heterocycles. The first-order valence-corrected chi connectivity index (χ1v) is 8.66. The molecule has 1 aliphatic rings. The summed E-state index contributed by atoms with van der Waals surface area (Å²) in [5.41, 5.74) is 0. The third-order valence-electron chi connectivity index (χ3n) is 1.34. The SMILES string of the molecule is C1C[N-]CCCNC1.[CH2-]C=O.[Cl][Ti][Cl]. The van der Waals surface area contributed by atoms with Gasteiger partial charge in [-0.15, -0.1) is 13.1 Å². The summed E-state index contributed by atoms with van der Waals surface area (Å²) >= 11 is -0.556. The van der Waals surface area contributed by atoms with E-state index in [1.165, 1.54) is 12.8 Å². The van der Waals surface area contributed by atoms with Crippen LogP contribution in [-0.4, -0.2) is 32.5 Å². The van der Waals surface area contributed by atoms with Crippen LogP contribution in [0.4, 0.5) is 0 Å². The second-order valence-electron chi connectivity index (χ2n) is 2.37. The summed E-state index contributed by atoms with van der Waals surface area (Å²) in [5, 5.41) is 7.62. The van der Waals surface area contributed by atoms with Crippen LogP contribution in [0.2, 0.25) is 0 Å². The van der Waals surface area contributed by atoms with Gasteiger partial charge in [-0.2, -0.15) is 0 Å². The van der Waals surface area contributed by atoms with Gasteiger partial charge in [-0.05, 0) is 19.4 Å². The number of hydrogen-bond acceptors (Lipinski definition) is 2. The maximum absolute atomic E-state index is 8.69. The van der Waals surface area contributed by atoms with E-state index in [1.54, 1.807) is 0 Å². The molecule has 6 heteroatoms. The molecular weight excluding hydrogens is 259 g/mol. The molecule has 0 saturated carbocycles. The zero-order valence-electron chi connectivity index (χ0n) is 8.14. The summed E-state index contributed by atoms with van der Waals surface area (Å²) in [7, 11) is 9.78. The van der Waals surface area contributed by atoms with Crippen molar-refractivity contribution in [2.24, 2.45) is 0 Å². The molecule has 1 fully saturated rings. The molecule has 0 radical (unpaired) electrons. The van der Waals surface area contributed by atoms with Crippen LogP contribution < -0.4 is 5.32 Å². The molecule has 0 unspecified atom stereocenters. The number of aldehydes is 1. The van der Waals surface area contributed by atoms with E-state index in [9.17, 15) is 0 Å². The molecule has 0 atom stereocenters. The van der Waals surface area contributed by atoms with Crippen LogP contribution >= 0.6 is 18.6 Å². The van der Waals surface area contributed by atoms with Crippen molar-refractivity contribution in [2.45, 2.75) is 12.8 Å². The van der Waals surface area contributed by atoms with Crippen LogP contribution in [0, 0.1) is 6.92 Å². The molecule has 14 heavy (non-hydrogen) atoms. The van der Waals surface area contributed by atoms with Gasteiger partial charge >= 0.3 is 35.6 Å². The molecule has 1 saturated heterocycles. The predicted molar refractivity (Wildman–Crippen MR) is 58.3 cm³/mol. The molecule has 0 spiro atoms. The average molecular weight is 275 g/mol. The number of hydrogen-bond donors (Lipinski definition) is 1. The Bertz CT molecular complexity index is 85.3. The predicted octanol–water partition coefficient (Wildman–Crippen LogP) is 2.14. The second-order valence-corrected chi connectivity index (χ2v) is 4.95. The van der Waals surface area contributed by atoms with E-state index in [0.29, 0.717) is 6.29 Å². The van der Waals surface area contributed by atoms with Crippen molar-refractivity contribution in [1.29, 1.82) is 0 Å². The van der Waals surface area contributed by atoms with E-state index in [1.807, 2.05) is 0 Å². The Hall–Kier alpha value is 0.754. The summed E-state index contributed by atoms with van der Waals surface area (Å²) in [4.78, 5) is 8.69. The molecule has 1 heterocycles. The Morgan fingerprint density at radius 3 is 2.00 bits per heavy atom. The number of carbonyl (C=O) groups is 1. The van der Waals surface area contributed by atoms with Gasteiger partial charge in [0.1, 0.15) is 0 Å². The second kappa shape index (κ2) is 19.3. The standard InChI is InChI=1S/C6H13N2.C2H3O.2ClH.Ti/c1-3-7-5-2-6-8-4-1;1-2-3;;;/h7H,1-6H2;2H,1H2;2*1H;/q2*-1;;;+2/p-2. The van der Waals surface area contributed by atoms with Gasteiger partial charge in [0.05, 0.1) is 0 Å². The molecule has 1 N–H and O–H groups in total. The normalized spacial score (nSPS) is 15.6. The van der Waals surface area contributed by atoms with E-state index < -0.39 is 17.0 Å². The van der Waals surface area contributed by atoms with Gasteiger partial charge < -0.3 is 22.4 Å². The third kappa shape index (κ3) is 23.0. The van der Waals surface area contributed by atoms with Gasteiger partial charge in [-0.1, -0.05) is 12.8 Å². The summed E-state index contributed by atoms with van der Waals surface area (Å²) in [5.74, 6) is 0. The van der Waals surface area contributed by atoms with Crippen LogP contribution in [0.1, 0.15) is 12.8 Å². The fraction of sp³-hybridized carbons (Fsp3) is 0.750. The fourth-order valence-electron chi connectivity index (χ4n) is 0.869. The Balaban J connectivity index is 0. The average Bonchev–Trinajstić information content (AvgIpc) is 2.04. The van der Waals surface area contributed by atoms with Crippen molar-refractivity contribution in [3.63, 3.8) is 0 Å². The number of nitrogens with zero attached hydrogens (tertiary/aromatic N) is 1. The van der Waals surface area contributed by atoms with Gasteiger partial charge in [0, 0.05) is 0 Å². The molecule has 0 bridgehead atoms. The fourth-order valence-corrected chi connectivity index (χ4v) is 0.869. The van der Waals surface area contributed by atoms with Gasteiger partial charge in [0.25, 0.3) is 0 Å². The number of nitrogens with one attached hydrogen (secondary N) is 1. The Labute approximate surface area is 103 Å². The zero-order valence-corrected chi connectivity index (χ0v) is 11.2. The van der Waals surface area contributed by atoms with Crippen molar-refractivity contribution in [2.75, 3.05) is 26.2 Å². The molecule has 0 aliphatic carbocycles. The Morgan fingerprint density at radius 2 is 1.64 bits per heavy atom.